The lowest BCUT2D eigenvalue weighted by Gasteiger charge is -2.42. The van der Waals surface area contributed by atoms with Crippen LogP contribution in [0.3, 0.4) is 0 Å². The van der Waals surface area contributed by atoms with E-state index in [1.807, 2.05) is 24.3 Å². The average molecular weight is 290 g/mol. The topological polar surface area (TPSA) is 35.2 Å². The fourth-order valence-electron chi connectivity index (χ4n) is 3.18. The number of ether oxygens (including phenoxy) is 1. The van der Waals surface area contributed by atoms with Crippen molar-refractivity contribution in [2.24, 2.45) is 5.73 Å². The zero-order valence-electron chi connectivity index (χ0n) is 11.7. The van der Waals surface area contributed by atoms with Crippen molar-refractivity contribution in [2.75, 3.05) is 7.11 Å². The van der Waals surface area contributed by atoms with Crippen molar-refractivity contribution in [3.63, 3.8) is 0 Å². The highest BCUT2D eigenvalue weighted by Gasteiger charge is 2.38. The largest absolute Gasteiger partial charge is 0.378 e. The molecule has 1 aliphatic rings. The number of hydrogen-bond acceptors (Lipinski definition) is 2. The normalized spacial score (nSPS) is 18.8. The summed E-state index contributed by atoms with van der Waals surface area (Å²) in [5.74, 6) is 0. The van der Waals surface area contributed by atoms with Crippen LogP contribution in [-0.2, 0) is 4.74 Å². The summed E-state index contributed by atoms with van der Waals surface area (Å²) in [5.41, 5.74) is 7.61. The van der Waals surface area contributed by atoms with Crippen molar-refractivity contribution in [1.29, 1.82) is 0 Å². The summed E-state index contributed by atoms with van der Waals surface area (Å²) in [6.45, 7) is 0. The first-order chi connectivity index (χ1) is 9.65. The molecule has 2 nitrogen and oxygen atoms in total. The Balaban J connectivity index is 1.95. The highest BCUT2D eigenvalue weighted by atomic mass is 35.5. The molecule has 0 saturated heterocycles. The maximum absolute atomic E-state index is 6.46. The van der Waals surface area contributed by atoms with Crippen molar-refractivity contribution in [3.05, 3.63) is 47.0 Å². The first-order valence-electron chi connectivity index (χ1n) is 7.13. The Labute approximate surface area is 124 Å². The number of rotatable bonds is 4. The Kier molecular flexibility index (Phi) is 3.72. The summed E-state index contributed by atoms with van der Waals surface area (Å²) in [6.07, 6.45) is 4.34. The molecule has 0 aliphatic heterocycles. The van der Waals surface area contributed by atoms with Crippen LogP contribution in [-0.4, -0.2) is 12.7 Å². The molecule has 1 aliphatic carbocycles. The van der Waals surface area contributed by atoms with Crippen LogP contribution in [0, 0.1) is 0 Å². The molecule has 20 heavy (non-hydrogen) atoms. The fourth-order valence-corrected chi connectivity index (χ4v) is 3.41. The second-order valence-corrected chi connectivity index (χ2v) is 6.14. The van der Waals surface area contributed by atoms with Gasteiger partial charge in [0.25, 0.3) is 0 Å². The molecule has 1 fully saturated rings. The number of hydrogen-bond donors (Lipinski definition) is 1. The van der Waals surface area contributed by atoms with Crippen LogP contribution in [0.5, 0.6) is 0 Å². The number of nitrogens with two attached hydrogens (primary N) is 1. The van der Waals surface area contributed by atoms with Crippen LogP contribution in [0.1, 0.15) is 37.3 Å². The average Bonchev–Trinajstić information content (AvgIpc) is 2.43. The van der Waals surface area contributed by atoms with Crippen LogP contribution in [0.15, 0.2) is 36.4 Å². The van der Waals surface area contributed by atoms with E-state index in [2.05, 4.69) is 12.1 Å². The molecule has 2 aromatic carbocycles. The fraction of sp³-hybridized carbons (Fsp3) is 0.412. The van der Waals surface area contributed by atoms with Gasteiger partial charge in [-0.2, -0.15) is 0 Å². The molecule has 0 aromatic heterocycles. The van der Waals surface area contributed by atoms with E-state index < -0.39 is 0 Å². The van der Waals surface area contributed by atoms with Crippen molar-refractivity contribution < 1.29 is 4.74 Å². The Hall–Kier alpha value is -1.09. The molecule has 0 bridgehead atoms. The van der Waals surface area contributed by atoms with E-state index in [-0.39, 0.29) is 11.6 Å². The summed E-state index contributed by atoms with van der Waals surface area (Å²) in [6, 6.07) is 12.2. The third-order valence-electron chi connectivity index (χ3n) is 4.59. The van der Waals surface area contributed by atoms with Gasteiger partial charge in [-0.1, -0.05) is 41.9 Å². The van der Waals surface area contributed by atoms with Gasteiger partial charge in [0.2, 0.25) is 0 Å². The minimum atomic E-state index is -0.0163. The third-order valence-corrected chi connectivity index (χ3v) is 4.92. The van der Waals surface area contributed by atoms with Gasteiger partial charge in [-0.05, 0) is 42.7 Å². The zero-order valence-corrected chi connectivity index (χ0v) is 12.5. The lowest BCUT2D eigenvalue weighted by atomic mass is 9.74. The van der Waals surface area contributed by atoms with E-state index in [0.29, 0.717) is 0 Å². The van der Waals surface area contributed by atoms with Gasteiger partial charge in [-0.3, -0.25) is 0 Å². The summed E-state index contributed by atoms with van der Waals surface area (Å²) in [5, 5.41) is 3.00. The molecule has 1 atom stereocenters. The van der Waals surface area contributed by atoms with Gasteiger partial charge < -0.3 is 10.5 Å². The van der Waals surface area contributed by atoms with Crippen LogP contribution in [0.25, 0.3) is 10.8 Å². The molecule has 0 amide bonds. The van der Waals surface area contributed by atoms with Crippen LogP contribution in [0.2, 0.25) is 5.02 Å². The van der Waals surface area contributed by atoms with Crippen LogP contribution in [0.4, 0.5) is 0 Å². The Bertz CT molecular complexity index is 616. The predicted octanol–water partition coefficient (Wildman–Crippen LogP) is 4.45. The molecule has 0 radical (unpaired) electrons. The highest BCUT2D eigenvalue weighted by molar-refractivity contribution is 6.35. The maximum atomic E-state index is 6.46. The Morgan fingerprint density at radius 3 is 2.50 bits per heavy atom. The van der Waals surface area contributed by atoms with Crippen molar-refractivity contribution in [2.45, 2.75) is 37.3 Å². The molecule has 1 saturated carbocycles. The second kappa shape index (κ2) is 5.36. The Morgan fingerprint density at radius 2 is 1.90 bits per heavy atom. The van der Waals surface area contributed by atoms with E-state index in [1.165, 1.54) is 6.42 Å². The molecule has 2 N–H and O–H groups in total. The van der Waals surface area contributed by atoms with Crippen LogP contribution >= 0.6 is 11.6 Å². The van der Waals surface area contributed by atoms with E-state index in [1.54, 1.807) is 7.11 Å². The van der Waals surface area contributed by atoms with Gasteiger partial charge in [-0.15, -0.1) is 0 Å². The number of benzene rings is 2. The number of halogens is 1. The quantitative estimate of drug-likeness (QED) is 0.902. The summed E-state index contributed by atoms with van der Waals surface area (Å²) >= 11 is 6.27. The smallest absolute Gasteiger partial charge is 0.0696 e. The molecule has 106 valence electrons. The minimum Gasteiger partial charge on any atom is -0.378 e. The van der Waals surface area contributed by atoms with Gasteiger partial charge in [0.05, 0.1) is 5.60 Å². The predicted molar refractivity (Wildman–Crippen MR) is 84.1 cm³/mol. The minimum absolute atomic E-state index is 0.0137. The van der Waals surface area contributed by atoms with Gasteiger partial charge in [-0.25, -0.2) is 0 Å². The highest BCUT2D eigenvalue weighted by Crippen LogP contribution is 2.42. The molecule has 3 rings (SSSR count). The zero-order chi connectivity index (χ0) is 14.2. The Morgan fingerprint density at radius 1 is 1.20 bits per heavy atom. The summed E-state index contributed by atoms with van der Waals surface area (Å²) in [7, 11) is 1.80. The molecular weight excluding hydrogens is 270 g/mol. The monoisotopic (exact) mass is 289 g/mol. The first-order valence-corrected chi connectivity index (χ1v) is 7.51. The maximum Gasteiger partial charge on any atom is 0.0696 e. The van der Waals surface area contributed by atoms with Gasteiger partial charge in [0, 0.05) is 23.6 Å². The van der Waals surface area contributed by atoms with Crippen LogP contribution < -0.4 is 5.73 Å². The molecular formula is C17H20ClNO. The molecule has 3 heteroatoms. The summed E-state index contributed by atoms with van der Waals surface area (Å²) < 4.78 is 5.70. The standard InChI is InChI=1S/C17H20ClNO/c1-20-17(9-4-10-17)11-16(19)14-7-8-15(18)13-6-3-2-5-12(13)14/h2-3,5-8,16H,4,9-11,19H2,1H3. The van der Waals surface area contributed by atoms with Crippen molar-refractivity contribution in [1.82, 2.24) is 0 Å². The first kappa shape index (κ1) is 13.9. The molecule has 0 heterocycles. The lowest BCUT2D eigenvalue weighted by Crippen LogP contribution is -2.41. The van der Waals surface area contributed by atoms with E-state index in [0.717, 1.165) is 40.6 Å². The van der Waals surface area contributed by atoms with Gasteiger partial charge in [0.15, 0.2) is 0 Å². The van der Waals surface area contributed by atoms with Gasteiger partial charge >= 0.3 is 0 Å². The molecule has 2 aromatic rings. The SMILES string of the molecule is COC1(CC(N)c2ccc(Cl)c3ccccc23)CCC1. The van der Waals surface area contributed by atoms with E-state index >= 15 is 0 Å². The number of methoxy groups -OCH3 is 1. The lowest BCUT2D eigenvalue weighted by molar-refractivity contribution is -0.0816. The third kappa shape index (κ3) is 2.32. The second-order valence-electron chi connectivity index (χ2n) is 5.73. The number of fused-ring (bicyclic) bond motifs is 1. The van der Waals surface area contributed by atoms with Crippen molar-refractivity contribution >= 4 is 22.4 Å². The van der Waals surface area contributed by atoms with E-state index in [9.17, 15) is 0 Å². The summed E-state index contributed by atoms with van der Waals surface area (Å²) in [4.78, 5) is 0. The van der Waals surface area contributed by atoms with E-state index in [4.69, 9.17) is 22.1 Å². The van der Waals surface area contributed by atoms with Gasteiger partial charge in [0.1, 0.15) is 0 Å². The van der Waals surface area contributed by atoms with Crippen molar-refractivity contribution in [3.8, 4) is 0 Å². The molecule has 1 unspecified atom stereocenters. The molecule has 0 spiro atoms.